The van der Waals surface area contributed by atoms with Gasteiger partial charge in [-0.15, -0.1) is 0 Å². The maximum Gasteiger partial charge on any atom is 0.0345 e. The molecule has 0 saturated carbocycles. The molecule has 2 aliphatic heterocycles. The molecule has 2 saturated heterocycles. The van der Waals surface area contributed by atoms with Crippen LogP contribution in [0, 0.1) is 0 Å². The lowest BCUT2D eigenvalue weighted by molar-refractivity contribution is 0.105. The second kappa shape index (κ2) is 5.96. The van der Waals surface area contributed by atoms with Gasteiger partial charge in [-0.2, -0.15) is 0 Å². The van der Waals surface area contributed by atoms with Crippen LogP contribution in [0.4, 0.5) is 0 Å². The molecule has 2 aliphatic rings. The van der Waals surface area contributed by atoms with Gasteiger partial charge < -0.3 is 10.2 Å². The molecule has 2 fully saturated rings. The first-order chi connectivity index (χ1) is 7.79. The second-order valence-corrected chi connectivity index (χ2v) is 5.09. The van der Waals surface area contributed by atoms with Gasteiger partial charge in [0.05, 0.1) is 0 Å². The van der Waals surface area contributed by atoms with Gasteiger partial charge in [0, 0.05) is 58.4 Å². The zero-order chi connectivity index (χ0) is 11.4. The molecule has 2 rings (SSSR count). The highest BCUT2D eigenvalue weighted by atomic mass is 15.3. The molecule has 0 unspecified atom stereocenters. The molecule has 0 amide bonds. The third-order valence-electron chi connectivity index (χ3n) is 3.98. The maximum atomic E-state index is 3.36. The first kappa shape index (κ1) is 12.3. The Morgan fingerprint density at radius 1 is 1.19 bits per heavy atom. The number of likely N-dealkylation sites (N-methyl/N-ethyl adjacent to an activating group) is 2. The van der Waals surface area contributed by atoms with Crippen molar-refractivity contribution in [2.45, 2.75) is 13.0 Å². The molecule has 0 aliphatic carbocycles. The van der Waals surface area contributed by atoms with E-state index in [0.717, 1.165) is 6.04 Å². The number of nitrogens with one attached hydrogen (secondary N) is 1. The number of nitrogens with zero attached hydrogens (tertiary/aromatic N) is 3. The molecule has 0 aromatic heterocycles. The zero-order valence-electron chi connectivity index (χ0n) is 10.8. The molecule has 94 valence electrons. The summed E-state index contributed by atoms with van der Waals surface area (Å²) in [5.41, 5.74) is 0. The summed E-state index contributed by atoms with van der Waals surface area (Å²) in [6.45, 7) is 13.3. The molecule has 0 aromatic rings. The van der Waals surface area contributed by atoms with Gasteiger partial charge in [-0.25, -0.2) is 0 Å². The minimum absolute atomic E-state index is 0.803. The van der Waals surface area contributed by atoms with Crippen LogP contribution in [-0.4, -0.2) is 86.7 Å². The summed E-state index contributed by atoms with van der Waals surface area (Å²) in [6, 6.07) is 0.803. The summed E-state index contributed by atoms with van der Waals surface area (Å²) in [7, 11) is 2.22. The van der Waals surface area contributed by atoms with Crippen LogP contribution in [0.15, 0.2) is 0 Å². The number of hydrogen-bond donors (Lipinski definition) is 1. The fourth-order valence-corrected chi connectivity index (χ4v) is 2.47. The van der Waals surface area contributed by atoms with Crippen LogP contribution >= 0.6 is 0 Å². The Labute approximate surface area is 99.6 Å². The van der Waals surface area contributed by atoms with E-state index in [4.69, 9.17) is 0 Å². The fourth-order valence-electron chi connectivity index (χ4n) is 2.47. The van der Waals surface area contributed by atoms with Gasteiger partial charge in [0.2, 0.25) is 0 Å². The van der Waals surface area contributed by atoms with Gasteiger partial charge in [-0.05, 0) is 13.6 Å². The van der Waals surface area contributed by atoms with E-state index < -0.39 is 0 Å². The van der Waals surface area contributed by atoms with Crippen molar-refractivity contribution in [2.24, 2.45) is 0 Å². The predicted octanol–water partition coefficient (Wildman–Crippen LogP) is -0.472. The molecule has 0 atom stereocenters. The second-order valence-electron chi connectivity index (χ2n) is 5.09. The highest BCUT2D eigenvalue weighted by Gasteiger charge is 2.23. The summed E-state index contributed by atoms with van der Waals surface area (Å²) in [5, 5.41) is 3.36. The van der Waals surface area contributed by atoms with Gasteiger partial charge >= 0.3 is 0 Å². The highest BCUT2D eigenvalue weighted by molar-refractivity contribution is 4.84. The smallest absolute Gasteiger partial charge is 0.0345 e. The monoisotopic (exact) mass is 226 g/mol. The first-order valence-corrected chi connectivity index (χ1v) is 6.65. The van der Waals surface area contributed by atoms with Crippen molar-refractivity contribution in [3.63, 3.8) is 0 Å². The van der Waals surface area contributed by atoms with E-state index in [-0.39, 0.29) is 0 Å². The van der Waals surface area contributed by atoms with Crippen LogP contribution in [0.2, 0.25) is 0 Å². The minimum atomic E-state index is 0.803. The number of rotatable bonds is 5. The van der Waals surface area contributed by atoms with Gasteiger partial charge in [-0.3, -0.25) is 9.80 Å². The quantitative estimate of drug-likeness (QED) is 0.684. The van der Waals surface area contributed by atoms with Crippen LogP contribution in [0.1, 0.15) is 6.92 Å². The Morgan fingerprint density at radius 3 is 2.38 bits per heavy atom. The molecule has 2 heterocycles. The zero-order valence-corrected chi connectivity index (χ0v) is 10.8. The van der Waals surface area contributed by atoms with Crippen LogP contribution in [-0.2, 0) is 0 Å². The number of piperazine rings is 1. The van der Waals surface area contributed by atoms with Crippen molar-refractivity contribution in [1.82, 2.24) is 20.0 Å². The molecular formula is C12H26N4. The summed E-state index contributed by atoms with van der Waals surface area (Å²) in [5.74, 6) is 0. The molecule has 0 bridgehead atoms. The molecule has 4 nitrogen and oxygen atoms in total. The van der Waals surface area contributed by atoms with E-state index in [1.807, 2.05) is 0 Å². The average Bonchev–Trinajstić information content (AvgIpc) is 2.23. The molecular weight excluding hydrogens is 200 g/mol. The topological polar surface area (TPSA) is 21.8 Å². The summed E-state index contributed by atoms with van der Waals surface area (Å²) >= 11 is 0. The van der Waals surface area contributed by atoms with Gasteiger partial charge in [0.15, 0.2) is 0 Å². The summed E-state index contributed by atoms with van der Waals surface area (Å²) in [4.78, 5) is 7.65. The van der Waals surface area contributed by atoms with E-state index in [0.29, 0.717) is 0 Å². The Balaban J connectivity index is 1.65. The molecule has 0 aromatic carbocycles. The summed E-state index contributed by atoms with van der Waals surface area (Å²) < 4.78 is 0. The normalized spacial score (nSPS) is 24.9. The Bertz CT molecular complexity index is 197. The van der Waals surface area contributed by atoms with E-state index in [2.05, 4.69) is 34.0 Å². The third kappa shape index (κ3) is 3.17. The van der Waals surface area contributed by atoms with Crippen molar-refractivity contribution < 1.29 is 0 Å². The third-order valence-corrected chi connectivity index (χ3v) is 3.98. The van der Waals surface area contributed by atoms with Crippen molar-refractivity contribution in [3.8, 4) is 0 Å². The van der Waals surface area contributed by atoms with E-state index in [1.165, 1.54) is 58.9 Å². The maximum absolute atomic E-state index is 3.36. The first-order valence-electron chi connectivity index (χ1n) is 6.65. The Morgan fingerprint density at radius 2 is 1.88 bits per heavy atom. The SMILES string of the molecule is CCN(CCN1CCN(C)CC1)C1CNC1. The standard InChI is InChI=1S/C12H26N4/c1-3-16(12-10-13-11-12)9-8-15-6-4-14(2)5-7-15/h12-13H,3-11H2,1-2H3. The average molecular weight is 226 g/mol. The van der Waals surface area contributed by atoms with Crippen LogP contribution in [0.3, 0.4) is 0 Å². The lowest BCUT2D eigenvalue weighted by atomic mass is 10.1. The predicted molar refractivity (Wildman–Crippen MR) is 67.8 cm³/mol. The van der Waals surface area contributed by atoms with Crippen molar-refractivity contribution in [1.29, 1.82) is 0 Å². The lowest BCUT2D eigenvalue weighted by Crippen LogP contribution is -2.58. The highest BCUT2D eigenvalue weighted by Crippen LogP contribution is 2.05. The fraction of sp³-hybridized carbons (Fsp3) is 1.00. The van der Waals surface area contributed by atoms with Crippen molar-refractivity contribution >= 4 is 0 Å². The Hall–Kier alpha value is -0.160. The molecule has 0 radical (unpaired) electrons. The number of hydrogen-bond acceptors (Lipinski definition) is 4. The Kier molecular flexibility index (Phi) is 4.58. The van der Waals surface area contributed by atoms with Crippen LogP contribution in [0.25, 0.3) is 0 Å². The van der Waals surface area contributed by atoms with Gasteiger partial charge in [-0.1, -0.05) is 6.92 Å². The molecule has 4 heteroatoms. The molecule has 1 N–H and O–H groups in total. The van der Waals surface area contributed by atoms with Gasteiger partial charge in [0.25, 0.3) is 0 Å². The van der Waals surface area contributed by atoms with Crippen molar-refractivity contribution in [3.05, 3.63) is 0 Å². The van der Waals surface area contributed by atoms with Crippen LogP contribution < -0.4 is 5.32 Å². The van der Waals surface area contributed by atoms with E-state index in [9.17, 15) is 0 Å². The van der Waals surface area contributed by atoms with E-state index in [1.54, 1.807) is 0 Å². The summed E-state index contributed by atoms with van der Waals surface area (Å²) in [6.07, 6.45) is 0. The van der Waals surface area contributed by atoms with E-state index >= 15 is 0 Å². The largest absolute Gasteiger partial charge is 0.314 e. The van der Waals surface area contributed by atoms with Crippen molar-refractivity contribution in [2.75, 3.05) is 66.0 Å². The molecule has 16 heavy (non-hydrogen) atoms. The molecule has 0 spiro atoms. The van der Waals surface area contributed by atoms with Crippen LogP contribution in [0.5, 0.6) is 0 Å². The lowest BCUT2D eigenvalue weighted by Gasteiger charge is -2.39. The minimum Gasteiger partial charge on any atom is -0.314 e. The van der Waals surface area contributed by atoms with Gasteiger partial charge in [0.1, 0.15) is 0 Å².